The highest BCUT2D eigenvalue weighted by Crippen LogP contribution is 2.21. The molecule has 15 heavy (non-hydrogen) atoms. The molecule has 0 fully saturated rings. The highest BCUT2D eigenvalue weighted by atomic mass is 16.4. The Labute approximate surface area is 88.5 Å². The third-order valence-electron chi connectivity index (χ3n) is 2.26. The Bertz CT molecular complexity index is 331. The predicted molar refractivity (Wildman–Crippen MR) is 56.8 cm³/mol. The van der Waals surface area contributed by atoms with Gasteiger partial charge in [-0.1, -0.05) is 0 Å². The van der Waals surface area contributed by atoms with Crippen LogP contribution in [0.4, 0.5) is 5.88 Å². The molecule has 0 aliphatic carbocycles. The summed E-state index contributed by atoms with van der Waals surface area (Å²) in [7, 11) is 0. The van der Waals surface area contributed by atoms with E-state index in [0.29, 0.717) is 5.88 Å². The van der Waals surface area contributed by atoms with Crippen LogP contribution in [0.25, 0.3) is 0 Å². The van der Waals surface area contributed by atoms with Gasteiger partial charge in [-0.25, -0.2) is 0 Å². The fraction of sp³-hybridized carbons (Fsp3) is 0.500. The molecule has 1 aromatic heterocycles. The average molecular weight is 212 g/mol. The van der Waals surface area contributed by atoms with Gasteiger partial charge in [0.25, 0.3) is 0 Å². The van der Waals surface area contributed by atoms with Gasteiger partial charge < -0.3 is 20.2 Å². The lowest BCUT2D eigenvalue weighted by Gasteiger charge is -2.17. The van der Waals surface area contributed by atoms with Gasteiger partial charge in [0.2, 0.25) is 0 Å². The number of nitrogens with zero attached hydrogens (tertiary/aromatic N) is 1. The summed E-state index contributed by atoms with van der Waals surface area (Å²) < 4.78 is 5.37. The van der Waals surface area contributed by atoms with Crippen LogP contribution in [0.5, 0.6) is 0 Å². The Balaban J connectivity index is 2.84. The summed E-state index contributed by atoms with van der Waals surface area (Å²) in [6.07, 6.45) is 0. The summed E-state index contributed by atoms with van der Waals surface area (Å²) in [4.78, 5) is 12.6. The van der Waals surface area contributed by atoms with Gasteiger partial charge in [-0.05, 0) is 19.9 Å². The van der Waals surface area contributed by atoms with Crippen molar-refractivity contribution in [3.8, 4) is 0 Å². The largest absolute Gasteiger partial charge is 0.480 e. The number of furan rings is 1. The van der Waals surface area contributed by atoms with Gasteiger partial charge in [0, 0.05) is 19.2 Å². The van der Waals surface area contributed by atoms with Gasteiger partial charge in [-0.15, -0.1) is 0 Å². The minimum Gasteiger partial charge on any atom is -0.480 e. The normalized spacial score (nSPS) is 12.5. The van der Waals surface area contributed by atoms with E-state index in [2.05, 4.69) is 0 Å². The van der Waals surface area contributed by atoms with Crippen LogP contribution in [0, 0.1) is 0 Å². The first-order valence-corrected chi connectivity index (χ1v) is 4.93. The van der Waals surface area contributed by atoms with Crippen LogP contribution in [0.3, 0.4) is 0 Å². The fourth-order valence-corrected chi connectivity index (χ4v) is 1.34. The van der Waals surface area contributed by atoms with Crippen molar-refractivity contribution >= 4 is 11.9 Å². The van der Waals surface area contributed by atoms with Gasteiger partial charge >= 0.3 is 5.97 Å². The molecule has 3 N–H and O–H groups in total. The molecule has 0 aliphatic heterocycles. The van der Waals surface area contributed by atoms with Gasteiger partial charge in [-0.2, -0.15) is 0 Å². The second-order valence-electron chi connectivity index (χ2n) is 3.16. The molecule has 1 heterocycles. The Hall–Kier alpha value is -1.49. The van der Waals surface area contributed by atoms with E-state index >= 15 is 0 Å². The minimum absolute atomic E-state index is 0.282. The maximum Gasteiger partial charge on any atom is 0.328 e. The predicted octanol–water partition coefficient (Wildman–Crippen LogP) is 1.21. The summed E-state index contributed by atoms with van der Waals surface area (Å²) in [6.45, 7) is 5.63. The first-order chi connectivity index (χ1) is 7.10. The molecule has 5 heteroatoms. The Morgan fingerprint density at radius 2 is 2.13 bits per heavy atom. The van der Waals surface area contributed by atoms with E-state index in [9.17, 15) is 4.79 Å². The Kier molecular flexibility index (Phi) is 3.74. The standard InChI is InChI=1S/C10H16N2O3/c1-3-12(4-2)8-6-5-7(15-8)9(11)10(13)14/h5-6,9H,3-4,11H2,1-2H3,(H,13,14). The molecular weight excluding hydrogens is 196 g/mol. The SMILES string of the molecule is CCN(CC)c1ccc(C(N)C(=O)O)o1. The summed E-state index contributed by atoms with van der Waals surface area (Å²) in [5.74, 6) is -0.147. The Morgan fingerprint density at radius 3 is 2.60 bits per heavy atom. The third-order valence-corrected chi connectivity index (χ3v) is 2.26. The zero-order chi connectivity index (χ0) is 11.4. The Morgan fingerprint density at radius 1 is 1.53 bits per heavy atom. The number of anilines is 1. The van der Waals surface area contributed by atoms with Crippen LogP contribution < -0.4 is 10.6 Å². The van der Waals surface area contributed by atoms with Crippen molar-refractivity contribution in [3.05, 3.63) is 17.9 Å². The molecular formula is C10H16N2O3. The fourth-order valence-electron chi connectivity index (χ4n) is 1.34. The number of hydrogen-bond acceptors (Lipinski definition) is 4. The number of rotatable bonds is 5. The third kappa shape index (κ3) is 2.50. The van der Waals surface area contributed by atoms with Crippen molar-refractivity contribution in [2.45, 2.75) is 19.9 Å². The summed E-state index contributed by atoms with van der Waals surface area (Å²) in [6, 6.07) is 2.26. The first-order valence-electron chi connectivity index (χ1n) is 4.93. The van der Waals surface area contributed by atoms with Gasteiger partial charge in [-0.3, -0.25) is 4.79 Å². The number of nitrogens with two attached hydrogens (primary N) is 1. The maximum absolute atomic E-state index is 10.6. The van der Waals surface area contributed by atoms with Crippen LogP contribution in [-0.4, -0.2) is 24.2 Å². The molecule has 0 bridgehead atoms. The number of carbonyl (C=O) groups is 1. The van der Waals surface area contributed by atoms with E-state index < -0.39 is 12.0 Å². The van der Waals surface area contributed by atoms with E-state index in [4.69, 9.17) is 15.3 Å². The zero-order valence-corrected chi connectivity index (χ0v) is 8.93. The minimum atomic E-state index is -1.09. The molecule has 84 valence electrons. The second kappa shape index (κ2) is 4.84. The topological polar surface area (TPSA) is 79.7 Å². The average Bonchev–Trinajstić information content (AvgIpc) is 2.67. The molecule has 1 aromatic rings. The van der Waals surface area contributed by atoms with Crippen molar-refractivity contribution in [2.75, 3.05) is 18.0 Å². The van der Waals surface area contributed by atoms with Crippen LogP contribution in [0.2, 0.25) is 0 Å². The lowest BCUT2D eigenvalue weighted by atomic mass is 10.2. The smallest absolute Gasteiger partial charge is 0.328 e. The number of hydrogen-bond donors (Lipinski definition) is 2. The molecule has 0 aromatic carbocycles. The van der Waals surface area contributed by atoms with Crippen LogP contribution in [0.15, 0.2) is 16.5 Å². The molecule has 0 spiro atoms. The molecule has 1 rings (SSSR count). The lowest BCUT2D eigenvalue weighted by Crippen LogP contribution is -2.22. The summed E-state index contributed by atoms with van der Waals surface area (Å²) >= 11 is 0. The quantitative estimate of drug-likeness (QED) is 0.766. The van der Waals surface area contributed by atoms with Crippen molar-refractivity contribution < 1.29 is 14.3 Å². The van der Waals surface area contributed by atoms with E-state index in [1.54, 1.807) is 12.1 Å². The molecule has 1 unspecified atom stereocenters. The van der Waals surface area contributed by atoms with Crippen molar-refractivity contribution in [2.24, 2.45) is 5.73 Å². The van der Waals surface area contributed by atoms with Gasteiger partial charge in [0.1, 0.15) is 5.76 Å². The van der Waals surface area contributed by atoms with Crippen LogP contribution in [0.1, 0.15) is 25.6 Å². The van der Waals surface area contributed by atoms with E-state index in [0.717, 1.165) is 13.1 Å². The van der Waals surface area contributed by atoms with Crippen molar-refractivity contribution in [1.29, 1.82) is 0 Å². The van der Waals surface area contributed by atoms with Gasteiger partial charge in [0.15, 0.2) is 11.9 Å². The molecule has 0 saturated carbocycles. The molecule has 0 aliphatic rings. The van der Waals surface area contributed by atoms with Crippen LogP contribution in [-0.2, 0) is 4.79 Å². The maximum atomic E-state index is 10.6. The summed E-state index contributed by atoms with van der Waals surface area (Å²) in [5.41, 5.74) is 5.42. The van der Waals surface area contributed by atoms with Crippen LogP contribution >= 0.6 is 0 Å². The van der Waals surface area contributed by atoms with Crippen molar-refractivity contribution in [3.63, 3.8) is 0 Å². The number of carboxylic acid groups (broad SMARTS) is 1. The lowest BCUT2D eigenvalue weighted by molar-refractivity contribution is -0.139. The number of aliphatic carboxylic acids is 1. The monoisotopic (exact) mass is 212 g/mol. The van der Waals surface area contributed by atoms with E-state index in [1.807, 2.05) is 18.7 Å². The number of carboxylic acids is 1. The van der Waals surface area contributed by atoms with E-state index in [-0.39, 0.29) is 5.76 Å². The van der Waals surface area contributed by atoms with E-state index in [1.165, 1.54) is 0 Å². The zero-order valence-electron chi connectivity index (χ0n) is 8.93. The summed E-state index contributed by atoms with van der Waals surface area (Å²) in [5, 5.41) is 8.70. The van der Waals surface area contributed by atoms with Gasteiger partial charge in [0.05, 0.1) is 0 Å². The molecule has 5 nitrogen and oxygen atoms in total. The highest BCUT2D eigenvalue weighted by Gasteiger charge is 2.19. The molecule has 1 atom stereocenters. The van der Waals surface area contributed by atoms with Crippen molar-refractivity contribution in [1.82, 2.24) is 0 Å². The first kappa shape index (κ1) is 11.6. The molecule has 0 saturated heterocycles. The second-order valence-corrected chi connectivity index (χ2v) is 3.16. The molecule has 0 amide bonds. The highest BCUT2D eigenvalue weighted by molar-refractivity contribution is 5.74. The molecule has 0 radical (unpaired) electrons.